The van der Waals surface area contributed by atoms with Crippen molar-refractivity contribution in [1.82, 2.24) is 0 Å². The van der Waals surface area contributed by atoms with E-state index in [0.29, 0.717) is 0 Å². The summed E-state index contributed by atoms with van der Waals surface area (Å²) in [5, 5.41) is 0. The van der Waals surface area contributed by atoms with Crippen molar-refractivity contribution in [2.45, 2.75) is 106 Å². The van der Waals surface area contributed by atoms with Gasteiger partial charge in [-0.05, 0) is 0 Å². The van der Waals surface area contributed by atoms with Crippen LogP contribution in [0.4, 0.5) is 0 Å². The van der Waals surface area contributed by atoms with Crippen LogP contribution in [0.1, 0.15) is 120 Å². The normalized spacial score (nSPS) is 17.0. The molecular weight excluding hydrogens is 775 g/mol. The molecule has 0 aliphatic heterocycles. The summed E-state index contributed by atoms with van der Waals surface area (Å²) in [7, 11) is 0. The Balaban J connectivity index is 0.00000249. The average molecular weight is 831 g/mol. The summed E-state index contributed by atoms with van der Waals surface area (Å²) in [5.41, 5.74) is 18.2. The smallest absolute Gasteiger partial charge is 1.00 e. The number of benzene rings is 4. The topological polar surface area (TPSA) is 0 Å². The SMILES string of the molecule is CC(C)(C)C1=CC(C)(C)c2cc3c(cc21)-c1cc2c(cc1C3)C(C)(C)[C]([Zr+2]([C]1=CC=CC1)=[C](Cc1ccccc1)Cc1ccccc1)=C2C(C)(C)C.[Cl-].[Cl-]. The second kappa shape index (κ2) is 14.6. The van der Waals surface area contributed by atoms with Crippen molar-refractivity contribution in [2.75, 3.05) is 0 Å². The Bertz CT molecular complexity index is 2230. The third-order valence-electron chi connectivity index (χ3n) is 12.2. The Morgan fingerprint density at radius 1 is 0.648 bits per heavy atom. The van der Waals surface area contributed by atoms with E-state index in [1.54, 1.807) is 17.6 Å². The number of fused-ring (bicyclic) bond motifs is 5. The van der Waals surface area contributed by atoms with Crippen molar-refractivity contribution in [3.05, 3.63) is 160 Å². The predicted octanol–water partition coefficient (Wildman–Crippen LogP) is 7.15. The van der Waals surface area contributed by atoms with Crippen molar-refractivity contribution in [3.8, 4) is 11.1 Å². The van der Waals surface area contributed by atoms with Crippen molar-refractivity contribution < 1.29 is 46.1 Å². The molecule has 0 amide bonds. The summed E-state index contributed by atoms with van der Waals surface area (Å²) >= 11 is -2.68. The molecule has 0 saturated carbocycles. The molecule has 0 radical (unpaired) electrons. The molecule has 0 heterocycles. The number of allylic oxidation sites excluding steroid dienone is 8. The van der Waals surface area contributed by atoms with Gasteiger partial charge in [0.25, 0.3) is 0 Å². The van der Waals surface area contributed by atoms with Crippen LogP contribution in [0, 0.1) is 10.8 Å². The molecule has 4 aliphatic carbocycles. The summed E-state index contributed by atoms with van der Waals surface area (Å²) in [6.45, 7) is 24.5. The van der Waals surface area contributed by atoms with Gasteiger partial charge in [0.2, 0.25) is 0 Å². The van der Waals surface area contributed by atoms with Gasteiger partial charge in [-0.2, -0.15) is 0 Å². The van der Waals surface area contributed by atoms with Gasteiger partial charge in [0.1, 0.15) is 0 Å². The number of halogens is 2. The van der Waals surface area contributed by atoms with E-state index in [1.807, 2.05) is 3.28 Å². The molecule has 278 valence electrons. The van der Waals surface area contributed by atoms with Gasteiger partial charge in [-0.25, -0.2) is 0 Å². The summed E-state index contributed by atoms with van der Waals surface area (Å²) in [6.07, 6.45) is 14.1. The van der Waals surface area contributed by atoms with E-state index in [2.05, 4.69) is 178 Å². The average Bonchev–Trinajstić information content (AvgIpc) is 3.83. The van der Waals surface area contributed by atoms with E-state index in [1.165, 1.54) is 55.6 Å². The maximum Gasteiger partial charge on any atom is -1.00 e. The molecule has 0 spiro atoms. The van der Waals surface area contributed by atoms with Gasteiger partial charge < -0.3 is 24.8 Å². The molecule has 0 nitrogen and oxygen atoms in total. The minimum Gasteiger partial charge on any atom is -1.00 e. The predicted molar refractivity (Wildman–Crippen MR) is 222 cm³/mol. The quantitative estimate of drug-likeness (QED) is 0.171. The molecule has 0 fully saturated rings. The third kappa shape index (κ3) is 7.06. The maximum atomic E-state index is 2.66. The molecule has 0 saturated heterocycles. The van der Waals surface area contributed by atoms with Gasteiger partial charge in [-0.1, -0.05) is 0 Å². The Morgan fingerprint density at radius 3 is 1.69 bits per heavy atom. The third-order valence-corrected chi connectivity index (χ3v) is 20.7. The largest absolute Gasteiger partial charge is 1.00 e. The Morgan fingerprint density at radius 2 is 1.19 bits per heavy atom. The molecule has 0 N–H and O–H groups in total. The molecule has 0 aromatic heterocycles. The van der Waals surface area contributed by atoms with Crippen LogP contribution >= 0.6 is 0 Å². The fraction of sp³-hybridized carbons (Fsp3) is 0.353. The summed E-state index contributed by atoms with van der Waals surface area (Å²) < 4.78 is 5.34. The first-order chi connectivity index (χ1) is 24.5. The van der Waals surface area contributed by atoms with E-state index in [9.17, 15) is 0 Å². The standard InChI is InChI=1S/C31H37.C15H14.C5H5.2ClH.Zr/c1-28(2,3)26-16-30(7,8)24-12-18-11-19-13-25-23(15-21(19)20(18)14-22(24)26)27(29(4,5)6)17-31(25,9)10;1-3-8-14(9-4-1)12-7-13-15-10-5-2-6-11-15;1-2-4-5-3-1;;;/h12-16H,11H2,1-10H3;1-6,8-11H,12-13H2;1-3H,4H2;2*1H;/q;;;;;+2/p-2. The van der Waals surface area contributed by atoms with Gasteiger partial charge in [0.15, 0.2) is 0 Å². The number of hydrogen-bond acceptors (Lipinski definition) is 0. The first kappa shape index (κ1) is 40.8. The maximum absolute atomic E-state index is 2.68. The zero-order chi connectivity index (χ0) is 36.8. The fourth-order valence-corrected chi connectivity index (χ4v) is 19.6. The monoisotopic (exact) mass is 828 g/mol. The van der Waals surface area contributed by atoms with E-state index >= 15 is 0 Å². The van der Waals surface area contributed by atoms with E-state index < -0.39 is 21.3 Å². The molecule has 4 aromatic carbocycles. The second-order valence-electron chi connectivity index (χ2n) is 19.1. The van der Waals surface area contributed by atoms with Gasteiger partial charge >= 0.3 is 324 Å². The van der Waals surface area contributed by atoms with Gasteiger partial charge in [-0.15, -0.1) is 0 Å². The van der Waals surface area contributed by atoms with Crippen LogP contribution in [0.3, 0.4) is 0 Å². The molecule has 0 bridgehead atoms. The number of rotatable bonds is 6. The minimum atomic E-state index is -2.68. The van der Waals surface area contributed by atoms with Crippen LogP contribution < -0.4 is 24.8 Å². The first-order valence-electron chi connectivity index (χ1n) is 19.5. The molecule has 8 rings (SSSR count). The van der Waals surface area contributed by atoms with Crippen LogP contribution in [0.15, 0.2) is 116 Å². The molecule has 4 aliphatic rings. The van der Waals surface area contributed by atoms with Gasteiger partial charge in [-0.3, -0.25) is 0 Å². The first-order valence-corrected chi connectivity index (χ1v) is 23.2. The van der Waals surface area contributed by atoms with E-state index in [-0.39, 0.29) is 46.5 Å². The van der Waals surface area contributed by atoms with Crippen LogP contribution in [-0.4, -0.2) is 3.21 Å². The van der Waals surface area contributed by atoms with Crippen LogP contribution in [0.5, 0.6) is 0 Å². The molecule has 0 atom stereocenters. The van der Waals surface area contributed by atoms with Crippen LogP contribution in [0.2, 0.25) is 0 Å². The molecular formula is C51H56Cl2Zr. The minimum absolute atomic E-state index is 0. The zero-order valence-corrected chi connectivity index (χ0v) is 37.9. The summed E-state index contributed by atoms with van der Waals surface area (Å²) in [6, 6.07) is 33.1. The zero-order valence-electron chi connectivity index (χ0n) is 34.0. The second-order valence-corrected chi connectivity index (χ2v) is 25.5. The molecule has 0 unspecified atom stereocenters. The van der Waals surface area contributed by atoms with Crippen molar-refractivity contribution in [1.29, 1.82) is 0 Å². The van der Waals surface area contributed by atoms with E-state index in [0.717, 1.165) is 25.7 Å². The van der Waals surface area contributed by atoms with Crippen molar-refractivity contribution in [2.24, 2.45) is 10.8 Å². The number of hydrogen-bond donors (Lipinski definition) is 0. The molecule has 54 heavy (non-hydrogen) atoms. The van der Waals surface area contributed by atoms with Crippen LogP contribution in [-0.2, 0) is 51.4 Å². The van der Waals surface area contributed by atoms with Crippen LogP contribution in [0.25, 0.3) is 22.3 Å². The van der Waals surface area contributed by atoms with E-state index in [4.69, 9.17) is 0 Å². The Hall–Kier alpha value is -2.83. The van der Waals surface area contributed by atoms with Crippen molar-refractivity contribution >= 4 is 14.4 Å². The Kier molecular flexibility index (Phi) is 11.0. The summed E-state index contributed by atoms with van der Waals surface area (Å²) in [5.74, 6) is 0. The molecule has 4 aromatic rings. The van der Waals surface area contributed by atoms with Crippen molar-refractivity contribution in [3.63, 3.8) is 0 Å². The Labute approximate surface area is 345 Å². The van der Waals surface area contributed by atoms with Gasteiger partial charge in [0.05, 0.1) is 0 Å². The van der Waals surface area contributed by atoms with Gasteiger partial charge in [0, 0.05) is 0 Å². The molecule has 3 heteroatoms. The summed E-state index contributed by atoms with van der Waals surface area (Å²) in [4.78, 5) is 0. The fourth-order valence-electron chi connectivity index (χ4n) is 9.82.